The van der Waals surface area contributed by atoms with Crippen LogP contribution in [0.2, 0.25) is 0 Å². The van der Waals surface area contributed by atoms with Crippen LogP contribution in [-0.4, -0.2) is 26.9 Å². The molecule has 0 atom stereocenters. The van der Waals surface area contributed by atoms with E-state index in [2.05, 4.69) is 85.8 Å². The first-order valence-electron chi connectivity index (χ1n) is 13.6. The molecule has 0 amide bonds. The molecule has 2 heterocycles. The van der Waals surface area contributed by atoms with Crippen LogP contribution in [0.1, 0.15) is 49.9 Å². The Morgan fingerprint density at radius 1 is 1.00 bits per heavy atom. The van der Waals surface area contributed by atoms with E-state index in [9.17, 15) is 0 Å². The van der Waals surface area contributed by atoms with Gasteiger partial charge >= 0.3 is 0 Å². The fraction of sp³-hybridized carbons (Fsp3) is 0.242. The highest BCUT2D eigenvalue weighted by atomic mass is 35.5. The molecule has 5 aromatic rings. The molecule has 41 heavy (non-hydrogen) atoms. The number of benzene rings is 3. The number of nitrogens with one attached hydrogen (secondary N) is 3. The van der Waals surface area contributed by atoms with Crippen molar-refractivity contribution in [2.75, 3.05) is 17.2 Å². The zero-order valence-corrected chi connectivity index (χ0v) is 25.0. The molecule has 0 aliphatic carbocycles. The van der Waals surface area contributed by atoms with Crippen molar-refractivity contribution in [1.82, 2.24) is 14.4 Å². The van der Waals surface area contributed by atoms with Crippen LogP contribution in [-0.2, 0) is 16.7 Å². The van der Waals surface area contributed by atoms with E-state index >= 15 is 0 Å². The average molecular weight is 569 g/mol. The number of aromatic nitrogens is 3. The smallest absolute Gasteiger partial charge is 0.213 e. The maximum absolute atomic E-state index is 8.01. The standard InChI is InChI=1S/C33H36N6O.ClH/c1-6-40-30(34)24-12-16-26(17-13-24)37-31-32-35-18-19-39(32)21-29(38-31)27-8-7-9-28(22(27)2)36-20-23-10-14-25(15-11-23)33(3,4)5;/h7-19,21,34,36H,6,20H2,1-5H3,(H,37,38);1H. The molecule has 7 nitrogen and oxygen atoms in total. The number of halogens is 1. The minimum Gasteiger partial charge on any atom is -0.478 e. The second-order valence-corrected chi connectivity index (χ2v) is 10.9. The van der Waals surface area contributed by atoms with Crippen LogP contribution >= 0.6 is 12.4 Å². The highest BCUT2D eigenvalue weighted by molar-refractivity contribution is 5.92. The van der Waals surface area contributed by atoms with E-state index in [1.54, 1.807) is 6.20 Å². The lowest BCUT2D eigenvalue weighted by atomic mass is 9.87. The summed E-state index contributed by atoms with van der Waals surface area (Å²) in [6, 6.07) is 22.7. The molecule has 0 saturated carbocycles. The van der Waals surface area contributed by atoms with Crippen LogP contribution in [0.5, 0.6) is 0 Å². The molecular weight excluding hydrogens is 532 g/mol. The van der Waals surface area contributed by atoms with E-state index in [1.165, 1.54) is 11.1 Å². The number of imidazole rings is 1. The van der Waals surface area contributed by atoms with Crippen molar-refractivity contribution in [2.24, 2.45) is 0 Å². The van der Waals surface area contributed by atoms with E-state index in [0.29, 0.717) is 12.4 Å². The molecule has 5 rings (SSSR count). The van der Waals surface area contributed by atoms with Gasteiger partial charge in [-0.05, 0) is 66.3 Å². The third kappa shape index (κ3) is 6.69. The molecule has 3 aromatic carbocycles. The Morgan fingerprint density at radius 2 is 1.73 bits per heavy atom. The zero-order valence-electron chi connectivity index (χ0n) is 24.2. The van der Waals surface area contributed by atoms with Crippen molar-refractivity contribution in [2.45, 2.75) is 46.6 Å². The molecule has 0 aliphatic rings. The Bertz CT molecular complexity index is 1640. The van der Waals surface area contributed by atoms with Gasteiger partial charge in [0.1, 0.15) is 0 Å². The van der Waals surface area contributed by atoms with Crippen LogP contribution in [0.15, 0.2) is 85.3 Å². The second kappa shape index (κ2) is 12.4. The number of nitrogens with zero attached hydrogens (tertiary/aromatic N) is 3. The third-order valence-corrected chi connectivity index (χ3v) is 6.99. The first-order chi connectivity index (χ1) is 19.2. The molecule has 212 valence electrons. The molecule has 0 fully saturated rings. The maximum Gasteiger partial charge on any atom is 0.213 e. The highest BCUT2D eigenvalue weighted by Crippen LogP contribution is 2.31. The summed E-state index contributed by atoms with van der Waals surface area (Å²) < 4.78 is 7.30. The minimum absolute atomic E-state index is 0. The summed E-state index contributed by atoms with van der Waals surface area (Å²) in [4.78, 5) is 9.50. The average Bonchev–Trinajstić information content (AvgIpc) is 3.42. The van der Waals surface area contributed by atoms with Gasteiger partial charge in [-0.3, -0.25) is 5.41 Å². The summed E-state index contributed by atoms with van der Waals surface area (Å²) in [5.41, 5.74) is 9.14. The Labute approximate surface area is 247 Å². The maximum atomic E-state index is 8.01. The predicted molar refractivity (Wildman–Crippen MR) is 171 cm³/mol. The van der Waals surface area contributed by atoms with Crippen molar-refractivity contribution in [3.05, 3.63) is 108 Å². The summed E-state index contributed by atoms with van der Waals surface area (Å²) in [7, 11) is 0. The van der Waals surface area contributed by atoms with E-state index in [4.69, 9.17) is 15.1 Å². The van der Waals surface area contributed by atoms with Gasteiger partial charge in [-0.1, -0.05) is 57.2 Å². The minimum atomic E-state index is 0. The Balaban J connectivity index is 0.00000387. The van der Waals surface area contributed by atoms with Gasteiger partial charge in [-0.2, -0.15) is 0 Å². The molecule has 0 spiro atoms. The van der Waals surface area contributed by atoms with Crippen LogP contribution in [0.25, 0.3) is 16.9 Å². The van der Waals surface area contributed by atoms with Gasteiger partial charge in [0.2, 0.25) is 5.90 Å². The molecule has 3 N–H and O–H groups in total. The molecule has 0 saturated heterocycles. The fourth-order valence-electron chi connectivity index (χ4n) is 4.64. The molecule has 0 radical (unpaired) electrons. The fourth-order valence-corrected chi connectivity index (χ4v) is 4.64. The number of rotatable bonds is 8. The van der Waals surface area contributed by atoms with Crippen LogP contribution < -0.4 is 10.6 Å². The van der Waals surface area contributed by atoms with Crippen molar-refractivity contribution >= 4 is 41.1 Å². The quantitative estimate of drug-likeness (QED) is 0.130. The third-order valence-electron chi connectivity index (χ3n) is 6.99. The number of ether oxygens (including phenoxy) is 1. The topological polar surface area (TPSA) is 87.3 Å². The summed E-state index contributed by atoms with van der Waals surface area (Å²) in [5, 5.41) is 15.0. The van der Waals surface area contributed by atoms with E-state index in [-0.39, 0.29) is 23.7 Å². The number of fused-ring (bicyclic) bond motifs is 1. The molecule has 8 heteroatoms. The lowest BCUT2D eigenvalue weighted by Crippen LogP contribution is -2.11. The van der Waals surface area contributed by atoms with E-state index < -0.39 is 0 Å². The SMILES string of the molecule is CCOC(=N)c1ccc(Nc2nc(-c3cccc(NCc4ccc(C(C)(C)C)cc4)c3C)cn3ccnc23)cc1.Cl. The Morgan fingerprint density at radius 3 is 2.41 bits per heavy atom. The second-order valence-electron chi connectivity index (χ2n) is 10.9. The summed E-state index contributed by atoms with van der Waals surface area (Å²) in [6.07, 6.45) is 5.71. The zero-order chi connectivity index (χ0) is 28.3. The summed E-state index contributed by atoms with van der Waals surface area (Å²) >= 11 is 0. The number of hydrogen-bond donors (Lipinski definition) is 3. The first-order valence-corrected chi connectivity index (χ1v) is 13.6. The van der Waals surface area contributed by atoms with Gasteiger partial charge in [-0.25, -0.2) is 9.97 Å². The van der Waals surface area contributed by atoms with Crippen molar-refractivity contribution in [1.29, 1.82) is 5.41 Å². The molecular formula is C33H37ClN6O. The monoisotopic (exact) mass is 568 g/mol. The molecule has 0 unspecified atom stereocenters. The molecule has 0 bridgehead atoms. The largest absolute Gasteiger partial charge is 0.478 e. The Kier molecular flexibility index (Phi) is 8.98. The van der Waals surface area contributed by atoms with Gasteiger partial charge in [0.25, 0.3) is 0 Å². The first kappa shape index (κ1) is 29.6. The lowest BCUT2D eigenvalue weighted by Gasteiger charge is -2.19. The van der Waals surface area contributed by atoms with Crippen LogP contribution in [0.4, 0.5) is 17.2 Å². The van der Waals surface area contributed by atoms with Crippen molar-refractivity contribution < 1.29 is 4.74 Å². The molecule has 2 aromatic heterocycles. The van der Waals surface area contributed by atoms with Gasteiger partial charge in [0.05, 0.1) is 12.3 Å². The van der Waals surface area contributed by atoms with Gasteiger partial charge in [0.15, 0.2) is 11.5 Å². The van der Waals surface area contributed by atoms with E-state index in [0.717, 1.165) is 46.0 Å². The number of anilines is 3. The van der Waals surface area contributed by atoms with Crippen molar-refractivity contribution in [3.63, 3.8) is 0 Å². The van der Waals surface area contributed by atoms with Gasteiger partial charge in [0, 0.05) is 47.6 Å². The number of hydrogen-bond acceptors (Lipinski definition) is 6. The molecule has 0 aliphatic heterocycles. The van der Waals surface area contributed by atoms with E-state index in [1.807, 2.05) is 48.0 Å². The normalized spacial score (nSPS) is 11.1. The van der Waals surface area contributed by atoms with Crippen LogP contribution in [0, 0.1) is 12.3 Å². The van der Waals surface area contributed by atoms with Gasteiger partial charge < -0.3 is 19.8 Å². The summed E-state index contributed by atoms with van der Waals surface area (Å²) in [6.45, 7) is 11.9. The van der Waals surface area contributed by atoms with Crippen LogP contribution in [0.3, 0.4) is 0 Å². The lowest BCUT2D eigenvalue weighted by molar-refractivity contribution is 0.325. The highest BCUT2D eigenvalue weighted by Gasteiger charge is 2.15. The van der Waals surface area contributed by atoms with Gasteiger partial charge in [-0.15, -0.1) is 12.4 Å². The van der Waals surface area contributed by atoms with Crippen molar-refractivity contribution in [3.8, 4) is 11.3 Å². The summed E-state index contributed by atoms with van der Waals surface area (Å²) in [5.74, 6) is 0.822. The Hall–Kier alpha value is -4.36. The predicted octanol–water partition coefficient (Wildman–Crippen LogP) is 8.14.